The molecule has 0 unspecified atom stereocenters. The monoisotopic (exact) mass is 613 g/mol. The fourth-order valence-corrected chi connectivity index (χ4v) is 7.29. The number of benzene rings is 1. The van der Waals surface area contributed by atoms with E-state index in [9.17, 15) is 9.59 Å². The molecule has 40 heavy (non-hydrogen) atoms. The summed E-state index contributed by atoms with van der Waals surface area (Å²) in [7, 11) is 2.05. The lowest BCUT2D eigenvalue weighted by Gasteiger charge is -2.48. The van der Waals surface area contributed by atoms with Crippen molar-refractivity contribution in [3.05, 3.63) is 44.7 Å². The van der Waals surface area contributed by atoms with Gasteiger partial charge in [-0.3, -0.25) is 9.59 Å². The average molecular weight is 615 g/mol. The van der Waals surface area contributed by atoms with Crippen LogP contribution in [0.3, 0.4) is 0 Å². The number of unbranched alkanes of at least 4 members (excludes halogenated alkanes) is 5. The van der Waals surface area contributed by atoms with Crippen LogP contribution in [0, 0.1) is 10.8 Å². The molecule has 3 aliphatic rings. The molecule has 0 amide bonds. The zero-order valence-electron chi connectivity index (χ0n) is 25.7. The van der Waals surface area contributed by atoms with Gasteiger partial charge in [-0.2, -0.15) is 0 Å². The van der Waals surface area contributed by atoms with Crippen molar-refractivity contribution in [1.82, 2.24) is 4.90 Å². The van der Waals surface area contributed by atoms with Gasteiger partial charge in [-0.15, -0.1) is 0 Å². The molecule has 0 spiro atoms. The number of nitrogens with zero attached hydrogens (tertiary/aromatic N) is 1. The van der Waals surface area contributed by atoms with Crippen molar-refractivity contribution in [2.24, 2.45) is 10.8 Å². The highest BCUT2D eigenvalue weighted by atomic mass is 79.9. The van der Waals surface area contributed by atoms with E-state index in [1.54, 1.807) is 0 Å². The summed E-state index contributed by atoms with van der Waals surface area (Å²) in [5.41, 5.74) is 4.36. The third-order valence-electron chi connectivity index (χ3n) is 8.59. The molecule has 1 heterocycles. The van der Waals surface area contributed by atoms with Gasteiger partial charge >= 0.3 is 0 Å². The van der Waals surface area contributed by atoms with Crippen LogP contribution in [-0.2, 0) is 9.59 Å². The Morgan fingerprint density at radius 1 is 0.825 bits per heavy atom. The van der Waals surface area contributed by atoms with E-state index in [2.05, 4.69) is 55.4 Å². The Labute approximate surface area is 249 Å². The molecule has 1 aromatic rings. The third-order valence-corrected chi connectivity index (χ3v) is 9.18. The van der Waals surface area contributed by atoms with Gasteiger partial charge in [-0.05, 0) is 70.6 Å². The molecule has 5 nitrogen and oxygen atoms in total. The summed E-state index contributed by atoms with van der Waals surface area (Å²) in [5.74, 6) is 1.25. The summed E-state index contributed by atoms with van der Waals surface area (Å²) in [5, 5.41) is 0. The van der Waals surface area contributed by atoms with Gasteiger partial charge in [-0.1, -0.05) is 66.7 Å². The van der Waals surface area contributed by atoms with Gasteiger partial charge in [0.1, 0.15) is 0 Å². The van der Waals surface area contributed by atoms with Gasteiger partial charge < -0.3 is 14.4 Å². The lowest BCUT2D eigenvalue weighted by Crippen LogP contribution is -2.43. The van der Waals surface area contributed by atoms with Crippen molar-refractivity contribution in [2.45, 2.75) is 112 Å². The lowest BCUT2D eigenvalue weighted by molar-refractivity contribution is -0.119. The Balaban J connectivity index is 1.75. The van der Waals surface area contributed by atoms with E-state index < -0.39 is 5.92 Å². The van der Waals surface area contributed by atoms with Gasteiger partial charge in [0.15, 0.2) is 23.1 Å². The van der Waals surface area contributed by atoms with E-state index in [1.165, 1.54) is 25.7 Å². The second-order valence-corrected chi connectivity index (χ2v) is 14.3. The molecule has 1 aromatic carbocycles. The molecule has 220 valence electrons. The molecule has 0 saturated heterocycles. The van der Waals surface area contributed by atoms with Gasteiger partial charge in [0, 0.05) is 48.3 Å². The smallest absolute Gasteiger partial charge is 0.175 e. The van der Waals surface area contributed by atoms with Crippen LogP contribution in [0.25, 0.3) is 0 Å². The van der Waals surface area contributed by atoms with Crippen molar-refractivity contribution in [1.29, 1.82) is 0 Å². The van der Waals surface area contributed by atoms with Crippen molar-refractivity contribution < 1.29 is 19.1 Å². The van der Waals surface area contributed by atoms with Crippen LogP contribution >= 0.6 is 15.9 Å². The molecule has 0 radical (unpaired) electrons. The molecule has 6 heteroatoms. The molecule has 1 aliphatic heterocycles. The standard InChI is InChI=1S/C34H48BrNO4/c1-8-10-11-12-13-14-15-40-32-23(35)16-22(17-28(32)39-9-2)29-30-24(18-33(3,4)20-26(30)37)36(7)25-19-34(5,6)21-27(38)31(25)29/h16-17,29H,8-15,18-21H2,1-7H3. The van der Waals surface area contributed by atoms with Crippen molar-refractivity contribution in [3.8, 4) is 11.5 Å². The Morgan fingerprint density at radius 3 is 1.93 bits per heavy atom. The highest BCUT2D eigenvalue weighted by molar-refractivity contribution is 9.10. The van der Waals surface area contributed by atoms with Gasteiger partial charge in [0.2, 0.25) is 0 Å². The fraction of sp³-hybridized carbons (Fsp3) is 0.647. The zero-order chi connectivity index (χ0) is 29.2. The molecule has 0 fully saturated rings. The maximum absolute atomic E-state index is 13.8. The van der Waals surface area contributed by atoms with E-state index in [0.717, 1.165) is 58.3 Å². The topological polar surface area (TPSA) is 55.8 Å². The highest BCUT2D eigenvalue weighted by Crippen LogP contribution is 2.55. The number of allylic oxidation sites excluding steroid dienone is 4. The quantitative estimate of drug-likeness (QED) is 0.233. The van der Waals surface area contributed by atoms with Gasteiger partial charge in [0.25, 0.3) is 0 Å². The van der Waals surface area contributed by atoms with Crippen LogP contribution in [-0.4, -0.2) is 36.7 Å². The number of ketones is 2. The van der Waals surface area contributed by atoms with Crippen LogP contribution in [0.4, 0.5) is 0 Å². The molecule has 2 aliphatic carbocycles. The molecule has 0 N–H and O–H groups in total. The Morgan fingerprint density at radius 2 is 1.38 bits per heavy atom. The first kappa shape index (κ1) is 30.9. The highest BCUT2D eigenvalue weighted by Gasteiger charge is 2.48. The summed E-state index contributed by atoms with van der Waals surface area (Å²) >= 11 is 3.77. The fourth-order valence-electron chi connectivity index (χ4n) is 6.71. The van der Waals surface area contributed by atoms with Crippen LogP contribution in [0.1, 0.15) is 117 Å². The number of hydrogen-bond acceptors (Lipinski definition) is 5. The first-order chi connectivity index (χ1) is 18.9. The normalized spacial score (nSPS) is 20.6. The first-order valence-corrected chi connectivity index (χ1v) is 16.0. The number of ether oxygens (including phenoxy) is 2. The average Bonchev–Trinajstić information content (AvgIpc) is 2.85. The van der Waals surface area contributed by atoms with E-state index in [0.29, 0.717) is 37.6 Å². The van der Waals surface area contributed by atoms with Gasteiger partial charge in [-0.25, -0.2) is 0 Å². The molecule has 0 bridgehead atoms. The minimum Gasteiger partial charge on any atom is -0.490 e. The number of carbonyl (C=O) groups excluding carboxylic acids is 2. The van der Waals surface area contributed by atoms with Crippen LogP contribution < -0.4 is 9.47 Å². The Bertz CT molecular complexity index is 1150. The summed E-state index contributed by atoms with van der Waals surface area (Å²) < 4.78 is 13.2. The van der Waals surface area contributed by atoms with Crippen molar-refractivity contribution >= 4 is 27.5 Å². The predicted octanol–water partition coefficient (Wildman–Crippen LogP) is 8.90. The number of halogens is 1. The Hall–Kier alpha value is -2.08. The van der Waals surface area contributed by atoms with Crippen LogP contribution in [0.2, 0.25) is 0 Å². The number of hydrogen-bond donors (Lipinski definition) is 0. The third kappa shape index (κ3) is 6.53. The van der Waals surface area contributed by atoms with Gasteiger partial charge in [0.05, 0.1) is 17.7 Å². The maximum Gasteiger partial charge on any atom is 0.175 e. The number of carbonyl (C=O) groups is 2. The van der Waals surface area contributed by atoms with E-state index >= 15 is 0 Å². The minimum absolute atomic E-state index is 0.119. The molecular weight excluding hydrogens is 566 g/mol. The minimum atomic E-state index is -0.392. The summed E-state index contributed by atoms with van der Waals surface area (Å²) in [6.07, 6.45) is 9.78. The first-order valence-electron chi connectivity index (χ1n) is 15.2. The Kier molecular flexibility index (Phi) is 9.59. The van der Waals surface area contributed by atoms with E-state index in [4.69, 9.17) is 9.47 Å². The molecular formula is C34H48BrNO4. The number of rotatable bonds is 11. The largest absolute Gasteiger partial charge is 0.490 e. The zero-order valence-corrected chi connectivity index (χ0v) is 27.3. The summed E-state index contributed by atoms with van der Waals surface area (Å²) in [4.78, 5) is 29.8. The van der Waals surface area contributed by atoms with E-state index in [1.807, 2.05) is 26.1 Å². The second kappa shape index (κ2) is 12.4. The molecule has 4 rings (SSSR count). The summed E-state index contributed by atoms with van der Waals surface area (Å²) in [6, 6.07) is 4.06. The SMILES string of the molecule is CCCCCCCCOc1c(Br)cc(C2C3=C(CC(C)(C)CC3=O)N(C)C3=C2C(=O)CC(C)(C)C3)cc1OCC. The van der Waals surface area contributed by atoms with Crippen LogP contribution in [0.5, 0.6) is 11.5 Å². The van der Waals surface area contributed by atoms with E-state index in [-0.39, 0.29) is 22.4 Å². The predicted molar refractivity (Wildman–Crippen MR) is 165 cm³/mol. The lowest BCUT2D eigenvalue weighted by atomic mass is 9.64. The van der Waals surface area contributed by atoms with Crippen LogP contribution in [0.15, 0.2) is 39.1 Å². The number of Topliss-reactive ketones (excluding diaryl/α,β-unsaturated/α-hetero) is 2. The van der Waals surface area contributed by atoms with Crippen molar-refractivity contribution in [3.63, 3.8) is 0 Å². The second-order valence-electron chi connectivity index (χ2n) is 13.5. The summed E-state index contributed by atoms with van der Waals surface area (Å²) in [6.45, 7) is 14.0. The molecule has 0 atom stereocenters. The molecule has 0 aromatic heterocycles. The molecule has 0 saturated carbocycles. The van der Waals surface area contributed by atoms with Crippen molar-refractivity contribution in [2.75, 3.05) is 20.3 Å². The maximum atomic E-state index is 13.8.